The molecule has 4 amide bonds. The zero-order valence-corrected chi connectivity index (χ0v) is 25.8. The first-order valence-corrected chi connectivity index (χ1v) is 14.8. The molecular formula is C29H49N9O6. The van der Waals surface area contributed by atoms with E-state index in [0.717, 1.165) is 5.56 Å². The van der Waals surface area contributed by atoms with Crippen molar-refractivity contribution in [1.29, 1.82) is 0 Å². The van der Waals surface area contributed by atoms with Crippen LogP contribution in [-0.2, 0) is 30.5 Å². The maximum Gasteiger partial charge on any atom is 0.408 e. The van der Waals surface area contributed by atoms with Crippen LogP contribution in [0.1, 0.15) is 56.9 Å². The Labute approximate surface area is 258 Å². The summed E-state index contributed by atoms with van der Waals surface area (Å²) >= 11 is 0. The lowest BCUT2D eigenvalue weighted by molar-refractivity contribution is -0.142. The molecule has 0 bridgehead atoms. The van der Waals surface area contributed by atoms with Crippen LogP contribution in [0.2, 0.25) is 0 Å². The zero-order chi connectivity index (χ0) is 32.9. The third-order valence-corrected chi connectivity index (χ3v) is 6.56. The number of aliphatic imine (C=N–C) groups is 1. The van der Waals surface area contributed by atoms with Gasteiger partial charge in [0.15, 0.2) is 5.96 Å². The van der Waals surface area contributed by atoms with Crippen molar-refractivity contribution in [3.63, 3.8) is 0 Å². The van der Waals surface area contributed by atoms with Gasteiger partial charge in [-0.15, -0.1) is 0 Å². The largest absolute Gasteiger partial charge is 0.445 e. The number of hydrogen-bond acceptors (Lipinski definition) is 9. The number of nitrogens with one attached hydrogen (secondary N) is 3. The van der Waals surface area contributed by atoms with Crippen LogP contribution in [0.3, 0.4) is 0 Å². The van der Waals surface area contributed by atoms with Crippen molar-refractivity contribution in [2.24, 2.45) is 27.9 Å². The van der Waals surface area contributed by atoms with E-state index in [2.05, 4.69) is 20.9 Å². The molecule has 0 saturated heterocycles. The number of unbranched alkanes of at least 4 members (excludes halogenated alkanes) is 2. The molecule has 0 aliphatic rings. The Balaban J connectivity index is 3.07. The molecule has 44 heavy (non-hydrogen) atoms. The highest BCUT2D eigenvalue weighted by Gasteiger charge is 2.32. The number of nitrogens with zero attached hydrogens (tertiary/aromatic N) is 2. The second-order valence-electron chi connectivity index (χ2n) is 10.5. The van der Waals surface area contributed by atoms with Crippen LogP contribution in [0.4, 0.5) is 4.79 Å². The summed E-state index contributed by atoms with van der Waals surface area (Å²) in [6, 6.07) is 5.72. The molecule has 0 aliphatic heterocycles. The lowest BCUT2D eigenvalue weighted by Gasteiger charge is -2.24. The van der Waals surface area contributed by atoms with Gasteiger partial charge in [-0.05, 0) is 70.0 Å². The summed E-state index contributed by atoms with van der Waals surface area (Å²) in [5.41, 5.74) is 22.7. The molecule has 0 saturated carbocycles. The average Bonchev–Trinajstić information content (AvgIpc) is 3.00. The van der Waals surface area contributed by atoms with Gasteiger partial charge >= 0.3 is 6.09 Å². The highest BCUT2D eigenvalue weighted by Crippen LogP contribution is 2.08. The van der Waals surface area contributed by atoms with Gasteiger partial charge in [0, 0.05) is 20.6 Å². The molecule has 0 aliphatic carbocycles. The average molecular weight is 620 g/mol. The van der Waals surface area contributed by atoms with E-state index in [1.807, 2.05) is 6.07 Å². The Hall–Kier alpha value is -4.24. The Bertz CT molecular complexity index is 1080. The summed E-state index contributed by atoms with van der Waals surface area (Å²) in [6.45, 7) is 0.944. The van der Waals surface area contributed by atoms with Crippen LogP contribution in [0.15, 0.2) is 35.3 Å². The molecule has 15 nitrogen and oxygen atoms in total. The molecule has 246 valence electrons. The minimum atomic E-state index is -1.28. The lowest BCUT2D eigenvalue weighted by Crippen LogP contribution is -2.56. The fourth-order valence-corrected chi connectivity index (χ4v) is 4.16. The van der Waals surface area contributed by atoms with E-state index >= 15 is 0 Å². The molecule has 0 unspecified atom stereocenters. The number of hydrogen-bond donors (Lipinski definition) is 7. The van der Waals surface area contributed by atoms with E-state index in [1.165, 1.54) is 4.90 Å². The third kappa shape index (κ3) is 15.3. The third-order valence-electron chi connectivity index (χ3n) is 6.56. The monoisotopic (exact) mass is 619 g/mol. The van der Waals surface area contributed by atoms with Crippen molar-refractivity contribution >= 4 is 35.6 Å². The topological polar surface area (TPSA) is 250 Å². The van der Waals surface area contributed by atoms with Crippen LogP contribution in [0.5, 0.6) is 0 Å². The number of ether oxygens (including phenoxy) is 1. The molecule has 1 aromatic rings. The molecule has 0 heterocycles. The smallest absolute Gasteiger partial charge is 0.408 e. The SMILES string of the molecule is CN(C)C(=O)[C@H](CCCCN)NC(=O)C(=O)[C@H](CCCN=C(N)N)NC(=O)[C@H](CCCCN)NC(=O)OCc1ccccc1. The van der Waals surface area contributed by atoms with Crippen molar-refractivity contribution in [2.45, 2.75) is 76.1 Å². The summed E-state index contributed by atoms with van der Waals surface area (Å²) in [4.78, 5) is 70.3. The first-order valence-electron chi connectivity index (χ1n) is 14.8. The molecular weight excluding hydrogens is 570 g/mol. The van der Waals surface area contributed by atoms with Crippen molar-refractivity contribution < 1.29 is 28.7 Å². The van der Waals surface area contributed by atoms with Crippen molar-refractivity contribution in [3.05, 3.63) is 35.9 Å². The van der Waals surface area contributed by atoms with Gasteiger partial charge in [0.2, 0.25) is 17.6 Å². The Kier molecular flexibility index (Phi) is 18.4. The molecule has 0 aromatic heterocycles. The fraction of sp³-hybridized carbons (Fsp3) is 0.586. The van der Waals surface area contributed by atoms with Crippen molar-refractivity contribution in [1.82, 2.24) is 20.9 Å². The van der Waals surface area contributed by atoms with Crippen LogP contribution in [0, 0.1) is 0 Å². The Morgan fingerprint density at radius 3 is 1.95 bits per heavy atom. The van der Waals surface area contributed by atoms with E-state index < -0.39 is 41.8 Å². The highest BCUT2D eigenvalue weighted by atomic mass is 16.5. The second kappa shape index (κ2) is 21.4. The maximum absolute atomic E-state index is 13.4. The van der Waals surface area contributed by atoms with Gasteiger partial charge in [-0.2, -0.15) is 0 Å². The standard InChI is InChI=1S/C29H49N9O6/c1-38(2)27(42)23(14-7-9-17-31)36-26(41)24(39)21(15-10-18-34-28(32)33)35-25(40)22(13-6-8-16-30)37-29(43)44-19-20-11-4-3-5-12-20/h3-5,11-12,21-23H,6-10,13-19,30-31H2,1-2H3,(H,35,40)(H,36,41)(H,37,43)(H4,32,33,34)/t21-,22-,23-/m0/s1. The first kappa shape index (κ1) is 37.8. The summed E-state index contributed by atoms with van der Waals surface area (Å²) in [5, 5.41) is 7.66. The number of benzene rings is 1. The first-order chi connectivity index (χ1) is 21.0. The van der Waals surface area contributed by atoms with Crippen LogP contribution < -0.4 is 38.9 Å². The number of alkyl carbamates (subject to hydrolysis) is 1. The maximum atomic E-state index is 13.4. The zero-order valence-electron chi connectivity index (χ0n) is 25.8. The number of rotatable bonds is 21. The van der Waals surface area contributed by atoms with E-state index in [1.54, 1.807) is 38.4 Å². The number of guanidine groups is 1. The lowest BCUT2D eigenvalue weighted by atomic mass is 10.0. The van der Waals surface area contributed by atoms with Gasteiger partial charge < -0.3 is 48.5 Å². The van der Waals surface area contributed by atoms with E-state index in [-0.39, 0.29) is 50.7 Å². The summed E-state index contributed by atoms with van der Waals surface area (Å²) in [5.74, 6) is -3.19. The molecule has 1 rings (SSSR count). The predicted molar refractivity (Wildman–Crippen MR) is 167 cm³/mol. The normalized spacial score (nSPS) is 12.6. The summed E-state index contributed by atoms with van der Waals surface area (Å²) in [7, 11) is 3.09. The van der Waals surface area contributed by atoms with Crippen molar-refractivity contribution in [3.8, 4) is 0 Å². The predicted octanol–water partition coefficient (Wildman–Crippen LogP) is -0.780. The summed E-state index contributed by atoms with van der Waals surface area (Å²) in [6.07, 6.45) is 2.25. The van der Waals surface area contributed by atoms with Gasteiger partial charge in [-0.3, -0.25) is 24.2 Å². The second-order valence-corrected chi connectivity index (χ2v) is 10.5. The minimum Gasteiger partial charge on any atom is -0.445 e. The quantitative estimate of drug-likeness (QED) is 0.0391. The number of amides is 4. The van der Waals surface area contributed by atoms with Gasteiger partial charge in [0.1, 0.15) is 18.7 Å². The van der Waals surface area contributed by atoms with Gasteiger partial charge in [-0.1, -0.05) is 30.3 Å². The van der Waals surface area contributed by atoms with Crippen LogP contribution in [-0.4, -0.2) is 92.3 Å². The molecule has 0 fully saturated rings. The Morgan fingerprint density at radius 1 is 0.795 bits per heavy atom. The fourth-order valence-electron chi connectivity index (χ4n) is 4.16. The van der Waals surface area contributed by atoms with Gasteiger partial charge in [0.25, 0.3) is 5.91 Å². The molecule has 11 N–H and O–H groups in total. The Morgan fingerprint density at radius 2 is 1.39 bits per heavy atom. The number of ketones is 1. The number of nitrogens with two attached hydrogens (primary N) is 4. The molecule has 3 atom stereocenters. The van der Waals surface area contributed by atoms with Crippen LogP contribution in [0.25, 0.3) is 0 Å². The van der Waals surface area contributed by atoms with E-state index in [0.29, 0.717) is 38.8 Å². The van der Waals surface area contributed by atoms with Crippen LogP contribution >= 0.6 is 0 Å². The number of Topliss-reactive ketones (excluding diaryl/α,β-unsaturated/α-hetero) is 1. The molecule has 1 aromatic carbocycles. The molecule has 15 heteroatoms. The molecule has 0 radical (unpaired) electrons. The van der Waals surface area contributed by atoms with E-state index in [4.69, 9.17) is 27.7 Å². The minimum absolute atomic E-state index is 0.00595. The van der Waals surface area contributed by atoms with Gasteiger partial charge in [-0.25, -0.2) is 4.79 Å². The molecule has 0 spiro atoms. The number of carbonyl (C=O) groups excluding carboxylic acids is 5. The number of likely N-dealkylation sites (N-methyl/N-ethyl adjacent to an activating group) is 1. The van der Waals surface area contributed by atoms with Crippen molar-refractivity contribution in [2.75, 3.05) is 33.7 Å². The highest BCUT2D eigenvalue weighted by molar-refractivity contribution is 6.38. The van der Waals surface area contributed by atoms with E-state index in [9.17, 15) is 24.0 Å². The van der Waals surface area contributed by atoms with Gasteiger partial charge in [0.05, 0.1) is 6.04 Å². The summed E-state index contributed by atoms with van der Waals surface area (Å²) < 4.78 is 5.27. The number of carbonyl (C=O) groups is 5.